The molecule has 0 saturated heterocycles. The number of nitrogens with one attached hydrogen (secondary N) is 2. The van der Waals surface area contributed by atoms with Crippen LogP contribution in [0.4, 0.5) is 17.1 Å². The molecule has 4 rings (SSSR count). The van der Waals surface area contributed by atoms with Crippen LogP contribution in [0.25, 0.3) is 0 Å². The first-order valence-electron chi connectivity index (χ1n) is 10.6. The second-order valence-corrected chi connectivity index (χ2v) is 8.58. The fourth-order valence-corrected chi connectivity index (χ4v) is 3.81. The van der Waals surface area contributed by atoms with Crippen LogP contribution in [0, 0.1) is 6.92 Å². The predicted octanol–water partition coefficient (Wildman–Crippen LogP) is 5.12. The van der Waals surface area contributed by atoms with Gasteiger partial charge < -0.3 is 15.4 Å². The molecule has 0 aliphatic carbocycles. The lowest BCUT2D eigenvalue weighted by molar-refractivity contribution is -0.120. The highest BCUT2D eigenvalue weighted by molar-refractivity contribution is 6.53. The number of nitrogens with zero attached hydrogens (tertiary/aromatic N) is 1. The van der Waals surface area contributed by atoms with Crippen LogP contribution in [0.5, 0.6) is 0 Å². The Morgan fingerprint density at radius 2 is 1.44 bits per heavy atom. The van der Waals surface area contributed by atoms with Crippen molar-refractivity contribution in [3.05, 3.63) is 99.2 Å². The number of esters is 1. The summed E-state index contributed by atoms with van der Waals surface area (Å²) in [6, 6.07) is 17.4. The van der Waals surface area contributed by atoms with Crippen LogP contribution < -0.4 is 15.5 Å². The smallest absolute Gasteiger partial charge is 0.337 e. The number of methoxy groups -OCH3 is 1. The van der Waals surface area contributed by atoms with E-state index in [4.69, 9.17) is 23.2 Å². The zero-order valence-electron chi connectivity index (χ0n) is 19.1. The van der Waals surface area contributed by atoms with Crippen molar-refractivity contribution in [3.63, 3.8) is 0 Å². The summed E-state index contributed by atoms with van der Waals surface area (Å²) >= 11 is 12.3. The highest BCUT2D eigenvalue weighted by Gasteiger charge is 2.39. The number of imide groups is 1. The van der Waals surface area contributed by atoms with Crippen molar-refractivity contribution >= 4 is 64.0 Å². The Hall–Kier alpha value is -4.14. The van der Waals surface area contributed by atoms with Crippen molar-refractivity contribution in [2.75, 3.05) is 22.6 Å². The van der Waals surface area contributed by atoms with Crippen LogP contribution in [0.15, 0.2) is 77.5 Å². The highest BCUT2D eigenvalue weighted by atomic mass is 35.5. The van der Waals surface area contributed by atoms with Crippen LogP contribution in [-0.2, 0) is 14.3 Å². The molecule has 36 heavy (non-hydrogen) atoms. The van der Waals surface area contributed by atoms with Gasteiger partial charge in [0, 0.05) is 22.0 Å². The first-order chi connectivity index (χ1) is 17.2. The summed E-state index contributed by atoms with van der Waals surface area (Å²) in [7, 11) is 1.29. The van der Waals surface area contributed by atoms with Gasteiger partial charge in [0.05, 0.1) is 18.4 Å². The number of halogens is 2. The average Bonchev–Trinajstić information content (AvgIpc) is 3.09. The fourth-order valence-electron chi connectivity index (χ4n) is 3.43. The van der Waals surface area contributed by atoms with Crippen molar-refractivity contribution in [1.82, 2.24) is 0 Å². The molecule has 1 heterocycles. The van der Waals surface area contributed by atoms with Gasteiger partial charge in [-0.15, -0.1) is 0 Å². The fraction of sp³-hybridized carbons (Fsp3) is 0.0769. The van der Waals surface area contributed by atoms with E-state index >= 15 is 0 Å². The number of aryl methyl sites for hydroxylation is 1. The largest absolute Gasteiger partial charge is 0.465 e. The molecule has 0 saturated carbocycles. The molecule has 0 bridgehead atoms. The SMILES string of the molecule is COC(=O)c1ccc(NC(=O)c2ccc(NC3=C(Cl)C(=O)N(c4ccc(C)c(Cl)c4)C3=O)cc2)cc1. The zero-order chi connectivity index (χ0) is 26.0. The van der Waals surface area contributed by atoms with Crippen molar-refractivity contribution in [2.45, 2.75) is 6.92 Å². The normalized spacial score (nSPS) is 13.2. The third-order valence-corrected chi connectivity index (χ3v) is 6.18. The molecule has 0 fully saturated rings. The van der Waals surface area contributed by atoms with Crippen LogP contribution >= 0.6 is 23.2 Å². The highest BCUT2D eigenvalue weighted by Crippen LogP contribution is 2.32. The number of ether oxygens (including phenoxy) is 1. The van der Waals surface area contributed by atoms with Gasteiger partial charge in [-0.2, -0.15) is 0 Å². The Kier molecular flexibility index (Phi) is 7.10. The number of rotatable bonds is 6. The van der Waals surface area contributed by atoms with Crippen molar-refractivity contribution in [3.8, 4) is 0 Å². The number of carbonyl (C=O) groups excluding carboxylic acids is 4. The molecule has 0 aromatic heterocycles. The molecule has 8 nitrogen and oxygen atoms in total. The van der Waals surface area contributed by atoms with Gasteiger partial charge in [-0.25, -0.2) is 9.69 Å². The van der Waals surface area contributed by atoms with E-state index in [1.165, 1.54) is 13.2 Å². The van der Waals surface area contributed by atoms with E-state index in [-0.39, 0.29) is 16.6 Å². The van der Waals surface area contributed by atoms with Gasteiger partial charge in [0.25, 0.3) is 17.7 Å². The number of hydrogen-bond acceptors (Lipinski definition) is 6. The van der Waals surface area contributed by atoms with Gasteiger partial charge in [0.2, 0.25) is 0 Å². The standard InChI is InChI=1S/C26H19Cl2N3O5/c1-14-3-12-19(13-20(14)27)31-24(33)21(28)22(25(31)34)29-17-8-4-15(5-9-17)23(32)30-18-10-6-16(7-11-18)26(35)36-2/h3-13,29H,1-2H3,(H,30,32). The molecule has 3 aromatic carbocycles. The van der Waals surface area contributed by atoms with E-state index in [2.05, 4.69) is 15.4 Å². The lowest BCUT2D eigenvalue weighted by Crippen LogP contribution is -2.32. The molecule has 3 aromatic rings. The molecule has 1 aliphatic heterocycles. The van der Waals surface area contributed by atoms with Crippen LogP contribution in [0.3, 0.4) is 0 Å². The van der Waals surface area contributed by atoms with Crippen LogP contribution in [0.2, 0.25) is 5.02 Å². The predicted molar refractivity (Wildman–Crippen MR) is 137 cm³/mol. The van der Waals surface area contributed by atoms with E-state index in [1.807, 2.05) is 6.92 Å². The zero-order valence-corrected chi connectivity index (χ0v) is 20.6. The molecule has 1 aliphatic rings. The van der Waals surface area contributed by atoms with Crippen LogP contribution in [-0.4, -0.2) is 30.8 Å². The number of carbonyl (C=O) groups is 4. The third kappa shape index (κ3) is 4.95. The molecule has 0 atom stereocenters. The minimum atomic E-state index is -0.668. The van der Waals surface area contributed by atoms with E-state index in [0.29, 0.717) is 33.2 Å². The van der Waals surface area contributed by atoms with E-state index in [1.54, 1.807) is 60.7 Å². The summed E-state index contributed by atoms with van der Waals surface area (Å²) in [5.41, 5.74) is 2.69. The van der Waals surface area contributed by atoms with E-state index in [0.717, 1.165) is 10.5 Å². The Morgan fingerprint density at radius 3 is 2.06 bits per heavy atom. The lowest BCUT2D eigenvalue weighted by Gasteiger charge is -2.16. The molecule has 2 N–H and O–H groups in total. The van der Waals surface area contributed by atoms with Crippen LogP contribution in [0.1, 0.15) is 26.3 Å². The third-order valence-electron chi connectivity index (χ3n) is 5.42. The lowest BCUT2D eigenvalue weighted by atomic mass is 10.1. The minimum absolute atomic E-state index is 0.0822. The number of hydrogen-bond donors (Lipinski definition) is 2. The summed E-state index contributed by atoms with van der Waals surface area (Å²) in [4.78, 5) is 50.7. The van der Waals surface area contributed by atoms with Gasteiger partial charge in [-0.05, 0) is 73.2 Å². The van der Waals surface area contributed by atoms with E-state index in [9.17, 15) is 19.2 Å². The molecular formula is C26H19Cl2N3O5. The van der Waals surface area contributed by atoms with Crippen molar-refractivity contribution in [2.24, 2.45) is 0 Å². The van der Waals surface area contributed by atoms with Crippen molar-refractivity contribution in [1.29, 1.82) is 0 Å². The Morgan fingerprint density at radius 1 is 0.833 bits per heavy atom. The molecular weight excluding hydrogens is 505 g/mol. The molecule has 0 unspecified atom stereocenters. The summed E-state index contributed by atoms with van der Waals surface area (Å²) in [5, 5.41) is 5.75. The monoisotopic (exact) mass is 523 g/mol. The van der Waals surface area contributed by atoms with Gasteiger partial charge >= 0.3 is 5.97 Å². The summed E-state index contributed by atoms with van der Waals surface area (Å²) in [6.45, 7) is 1.81. The molecule has 10 heteroatoms. The van der Waals surface area contributed by atoms with Gasteiger partial charge in [0.15, 0.2) is 0 Å². The Labute approximate surface area is 216 Å². The topological polar surface area (TPSA) is 105 Å². The first kappa shape index (κ1) is 25.0. The van der Waals surface area contributed by atoms with Gasteiger partial charge in [0.1, 0.15) is 10.7 Å². The molecule has 3 amide bonds. The number of benzene rings is 3. The first-order valence-corrected chi connectivity index (χ1v) is 11.4. The molecule has 0 radical (unpaired) electrons. The number of amides is 3. The maximum Gasteiger partial charge on any atom is 0.337 e. The maximum absolute atomic E-state index is 13.0. The Balaban J connectivity index is 1.45. The van der Waals surface area contributed by atoms with E-state index < -0.39 is 17.8 Å². The second-order valence-electron chi connectivity index (χ2n) is 7.79. The maximum atomic E-state index is 13.0. The van der Waals surface area contributed by atoms with Crippen molar-refractivity contribution < 1.29 is 23.9 Å². The number of anilines is 3. The molecule has 182 valence electrons. The average molecular weight is 524 g/mol. The summed E-state index contributed by atoms with van der Waals surface area (Å²) in [5.74, 6) is -2.14. The quantitative estimate of drug-likeness (QED) is 0.343. The Bertz CT molecular complexity index is 1420. The minimum Gasteiger partial charge on any atom is -0.465 e. The molecule has 0 spiro atoms. The summed E-state index contributed by atoms with van der Waals surface area (Å²) in [6.07, 6.45) is 0. The second kappa shape index (κ2) is 10.2. The van der Waals surface area contributed by atoms with Gasteiger partial charge in [-0.1, -0.05) is 29.3 Å². The summed E-state index contributed by atoms with van der Waals surface area (Å²) < 4.78 is 4.65. The van der Waals surface area contributed by atoms with Gasteiger partial charge in [-0.3, -0.25) is 14.4 Å².